The molecule has 0 aliphatic carbocycles. The molecule has 0 spiro atoms. The van der Waals surface area contributed by atoms with Gasteiger partial charge in [0.2, 0.25) is 0 Å². The first kappa shape index (κ1) is 8.21. The fourth-order valence-corrected chi connectivity index (χ4v) is 0.414. The highest BCUT2D eigenvalue weighted by atomic mass is 19.1. The van der Waals surface area contributed by atoms with Crippen molar-refractivity contribution in [1.82, 2.24) is 0 Å². The first-order valence-electron chi connectivity index (χ1n) is 2.79. The summed E-state index contributed by atoms with van der Waals surface area (Å²) in [6, 6.07) is 0. The van der Waals surface area contributed by atoms with Gasteiger partial charge in [0, 0.05) is 0 Å². The largest absolute Gasteiger partial charge is 0.496 e. The van der Waals surface area contributed by atoms with Crippen LogP contribution in [0.2, 0.25) is 0 Å². The number of alkyl halides is 1. The Balaban J connectivity index is 3.36. The van der Waals surface area contributed by atoms with E-state index in [1.165, 1.54) is 0 Å². The fraction of sp³-hybridized carbons (Fsp3) is 0.429. The molecule has 9 heavy (non-hydrogen) atoms. The number of allylic oxidation sites excluding steroid dienone is 3. The van der Waals surface area contributed by atoms with Crippen molar-refractivity contribution in [3.63, 3.8) is 0 Å². The second-order valence-corrected chi connectivity index (χ2v) is 1.55. The second kappa shape index (κ2) is 5.35. The zero-order valence-electron chi connectivity index (χ0n) is 5.56. The summed E-state index contributed by atoms with van der Waals surface area (Å²) < 4.78 is 16.3. The molecular formula is C7H11FO. The van der Waals surface area contributed by atoms with E-state index in [0.29, 0.717) is 5.76 Å². The van der Waals surface area contributed by atoms with E-state index in [1.807, 2.05) is 0 Å². The van der Waals surface area contributed by atoms with Gasteiger partial charge in [-0.2, -0.15) is 0 Å². The molecule has 0 saturated heterocycles. The van der Waals surface area contributed by atoms with Crippen LogP contribution in [0.5, 0.6) is 0 Å². The van der Waals surface area contributed by atoms with Crippen molar-refractivity contribution in [3.8, 4) is 0 Å². The molecule has 0 atom stereocenters. The molecule has 0 radical (unpaired) electrons. The average Bonchev–Trinajstić information content (AvgIpc) is 1.85. The summed E-state index contributed by atoms with van der Waals surface area (Å²) in [6.07, 6.45) is 3.29. The van der Waals surface area contributed by atoms with Crippen LogP contribution in [-0.2, 0) is 4.74 Å². The van der Waals surface area contributed by atoms with Gasteiger partial charge in [0.15, 0.2) is 0 Å². The third-order valence-electron chi connectivity index (χ3n) is 0.759. The van der Waals surface area contributed by atoms with Crippen LogP contribution in [0, 0.1) is 0 Å². The van der Waals surface area contributed by atoms with E-state index in [1.54, 1.807) is 19.1 Å². The van der Waals surface area contributed by atoms with Gasteiger partial charge in [-0.1, -0.05) is 12.7 Å². The van der Waals surface area contributed by atoms with Gasteiger partial charge in [-0.05, 0) is 13.0 Å². The van der Waals surface area contributed by atoms with E-state index in [-0.39, 0.29) is 6.61 Å². The third kappa shape index (κ3) is 5.07. The van der Waals surface area contributed by atoms with Crippen LogP contribution in [0.1, 0.15) is 6.92 Å². The number of ether oxygens (including phenoxy) is 1. The minimum absolute atomic E-state index is 0.135. The van der Waals surface area contributed by atoms with E-state index in [0.717, 1.165) is 0 Å². The highest BCUT2D eigenvalue weighted by Crippen LogP contribution is 1.93. The molecule has 0 heterocycles. The maximum absolute atomic E-state index is 11.4. The van der Waals surface area contributed by atoms with Gasteiger partial charge in [-0.3, -0.25) is 0 Å². The van der Waals surface area contributed by atoms with E-state index in [4.69, 9.17) is 4.74 Å². The van der Waals surface area contributed by atoms with Gasteiger partial charge in [0.25, 0.3) is 0 Å². The molecule has 1 nitrogen and oxygen atoms in total. The number of hydrogen-bond donors (Lipinski definition) is 0. The summed E-state index contributed by atoms with van der Waals surface area (Å²) in [5.41, 5.74) is 0. The molecule has 52 valence electrons. The molecule has 0 rings (SSSR count). The van der Waals surface area contributed by atoms with Crippen molar-refractivity contribution in [2.24, 2.45) is 0 Å². The quantitative estimate of drug-likeness (QED) is 0.418. The van der Waals surface area contributed by atoms with E-state index in [9.17, 15) is 4.39 Å². The molecule has 0 N–H and O–H groups in total. The Labute approximate surface area is 54.8 Å². The minimum Gasteiger partial charge on any atom is -0.496 e. The van der Waals surface area contributed by atoms with Crippen LogP contribution < -0.4 is 0 Å². The normalized spacial score (nSPS) is 11.1. The van der Waals surface area contributed by atoms with Crippen LogP contribution in [0.25, 0.3) is 0 Å². The number of hydrogen-bond acceptors (Lipinski definition) is 1. The highest BCUT2D eigenvalue weighted by Gasteiger charge is 1.84. The van der Waals surface area contributed by atoms with Crippen molar-refractivity contribution < 1.29 is 9.13 Å². The summed E-state index contributed by atoms with van der Waals surface area (Å²) in [5.74, 6) is 0.697. The van der Waals surface area contributed by atoms with E-state index in [2.05, 4.69) is 6.58 Å². The summed E-state index contributed by atoms with van der Waals surface area (Å²) in [5, 5.41) is 0. The average molecular weight is 130 g/mol. The molecule has 2 heteroatoms. The van der Waals surface area contributed by atoms with Crippen molar-refractivity contribution in [2.45, 2.75) is 6.92 Å². The number of rotatable bonds is 4. The number of halogens is 1. The highest BCUT2D eigenvalue weighted by molar-refractivity contribution is 5.01. The molecule has 0 unspecified atom stereocenters. The molecule has 0 amide bonds. The van der Waals surface area contributed by atoms with Crippen LogP contribution in [0.15, 0.2) is 24.5 Å². The maximum Gasteiger partial charge on any atom is 0.123 e. The minimum atomic E-state index is -0.442. The lowest BCUT2D eigenvalue weighted by molar-refractivity contribution is 0.189. The second-order valence-electron chi connectivity index (χ2n) is 1.55. The van der Waals surface area contributed by atoms with Crippen molar-refractivity contribution in [2.75, 3.05) is 13.3 Å². The fourth-order valence-electron chi connectivity index (χ4n) is 0.414. The predicted octanol–water partition coefficient (Wildman–Crippen LogP) is 2.06. The monoisotopic (exact) mass is 130 g/mol. The van der Waals surface area contributed by atoms with E-state index < -0.39 is 6.67 Å². The van der Waals surface area contributed by atoms with Gasteiger partial charge in [0.05, 0.1) is 5.76 Å². The third-order valence-corrected chi connectivity index (χ3v) is 0.759. The molecular weight excluding hydrogens is 119 g/mol. The Kier molecular flexibility index (Phi) is 4.88. The summed E-state index contributed by atoms with van der Waals surface area (Å²) in [6.45, 7) is 4.91. The van der Waals surface area contributed by atoms with Crippen LogP contribution in [0.4, 0.5) is 4.39 Å². The lowest BCUT2D eigenvalue weighted by Gasteiger charge is -2.00. The Bertz CT molecular complexity index is 107. The van der Waals surface area contributed by atoms with Gasteiger partial charge < -0.3 is 4.74 Å². The topological polar surface area (TPSA) is 9.23 Å². The SMILES string of the molecule is C=CC=C(C)OCCF. The molecule has 0 aromatic heterocycles. The lowest BCUT2D eigenvalue weighted by Crippen LogP contribution is -1.92. The van der Waals surface area contributed by atoms with Gasteiger partial charge in [-0.15, -0.1) is 0 Å². The summed E-state index contributed by atoms with van der Waals surface area (Å²) >= 11 is 0. The Hall–Kier alpha value is -0.790. The standard InChI is InChI=1S/C7H11FO/c1-3-4-7(2)9-6-5-8/h3-4H,1,5-6H2,2H3. The lowest BCUT2D eigenvalue weighted by atomic mass is 10.5. The van der Waals surface area contributed by atoms with E-state index >= 15 is 0 Å². The summed E-state index contributed by atoms with van der Waals surface area (Å²) in [4.78, 5) is 0. The first-order chi connectivity index (χ1) is 4.31. The molecule has 0 aliphatic heterocycles. The van der Waals surface area contributed by atoms with Crippen molar-refractivity contribution in [1.29, 1.82) is 0 Å². The first-order valence-corrected chi connectivity index (χ1v) is 2.79. The molecule has 0 aromatic carbocycles. The zero-order chi connectivity index (χ0) is 7.11. The van der Waals surface area contributed by atoms with Gasteiger partial charge in [0.1, 0.15) is 13.3 Å². The Morgan fingerprint density at radius 1 is 1.78 bits per heavy atom. The molecule has 0 aromatic rings. The Morgan fingerprint density at radius 2 is 2.44 bits per heavy atom. The smallest absolute Gasteiger partial charge is 0.123 e. The predicted molar refractivity (Wildman–Crippen MR) is 35.9 cm³/mol. The Morgan fingerprint density at radius 3 is 2.89 bits per heavy atom. The maximum atomic E-state index is 11.4. The van der Waals surface area contributed by atoms with Crippen molar-refractivity contribution >= 4 is 0 Å². The van der Waals surface area contributed by atoms with Crippen molar-refractivity contribution in [3.05, 3.63) is 24.5 Å². The van der Waals surface area contributed by atoms with Gasteiger partial charge >= 0.3 is 0 Å². The van der Waals surface area contributed by atoms with Gasteiger partial charge in [-0.25, -0.2) is 4.39 Å². The molecule has 0 saturated carbocycles. The molecule has 0 fully saturated rings. The summed E-state index contributed by atoms with van der Waals surface area (Å²) in [7, 11) is 0. The molecule has 0 aliphatic rings. The van der Waals surface area contributed by atoms with Crippen LogP contribution in [0.3, 0.4) is 0 Å². The van der Waals surface area contributed by atoms with Crippen LogP contribution in [-0.4, -0.2) is 13.3 Å². The zero-order valence-corrected chi connectivity index (χ0v) is 5.56. The molecule has 0 bridgehead atoms. The van der Waals surface area contributed by atoms with Crippen LogP contribution >= 0.6 is 0 Å².